The summed E-state index contributed by atoms with van der Waals surface area (Å²) in [4.78, 5) is 26.8. The lowest BCUT2D eigenvalue weighted by Crippen LogP contribution is -2.59. The van der Waals surface area contributed by atoms with Gasteiger partial charge >= 0.3 is 0 Å². The second-order valence-electron chi connectivity index (χ2n) is 8.22. The summed E-state index contributed by atoms with van der Waals surface area (Å²) in [5, 5.41) is 0. The molecule has 1 saturated carbocycles. The molecule has 7 heteroatoms. The van der Waals surface area contributed by atoms with Crippen LogP contribution in [0.1, 0.15) is 25.8 Å². The minimum Gasteiger partial charge on any atom is -0.493 e. The third-order valence-electron chi connectivity index (χ3n) is 6.18. The Hall–Kier alpha value is -2.44. The molecule has 27 heavy (non-hydrogen) atoms. The largest absolute Gasteiger partial charge is 0.493 e. The van der Waals surface area contributed by atoms with Crippen molar-refractivity contribution in [2.75, 3.05) is 34.4 Å². The summed E-state index contributed by atoms with van der Waals surface area (Å²) in [6.45, 7) is 5.23. The Balaban J connectivity index is 1.80. The van der Waals surface area contributed by atoms with Gasteiger partial charge in [0.25, 0.3) is 0 Å². The number of hydrogen-bond acceptors (Lipinski definition) is 5. The lowest BCUT2D eigenvalue weighted by atomic mass is 9.48. The molecule has 2 atom stereocenters. The van der Waals surface area contributed by atoms with Crippen molar-refractivity contribution in [2.45, 2.75) is 26.7 Å². The molecule has 3 rings (SSSR count). The number of carbonyl (C=O) groups is 2. The molecule has 1 aromatic rings. The minimum atomic E-state index is -0.575. The average molecular weight is 376 g/mol. The van der Waals surface area contributed by atoms with E-state index in [1.807, 2.05) is 0 Å². The fourth-order valence-corrected chi connectivity index (χ4v) is 4.94. The molecule has 1 heterocycles. The second-order valence-corrected chi connectivity index (χ2v) is 8.22. The van der Waals surface area contributed by atoms with Gasteiger partial charge in [-0.3, -0.25) is 9.59 Å². The molecule has 7 nitrogen and oxygen atoms in total. The average Bonchev–Trinajstić information content (AvgIpc) is 2.97. The number of amides is 2. The topological polar surface area (TPSA) is 91.1 Å². The number of hydrogen-bond donors (Lipinski definition) is 1. The predicted molar refractivity (Wildman–Crippen MR) is 99.9 cm³/mol. The quantitative estimate of drug-likeness (QED) is 0.815. The van der Waals surface area contributed by atoms with Crippen LogP contribution in [0.5, 0.6) is 17.2 Å². The summed E-state index contributed by atoms with van der Waals surface area (Å²) < 4.78 is 16.0. The van der Waals surface area contributed by atoms with Crippen molar-refractivity contribution < 1.29 is 23.8 Å². The van der Waals surface area contributed by atoms with E-state index in [4.69, 9.17) is 19.9 Å². The number of nitrogens with zero attached hydrogens (tertiary/aromatic N) is 1. The van der Waals surface area contributed by atoms with Crippen LogP contribution in [0.2, 0.25) is 0 Å². The van der Waals surface area contributed by atoms with Crippen LogP contribution in [-0.4, -0.2) is 51.1 Å². The molecule has 0 bridgehead atoms. The van der Waals surface area contributed by atoms with Crippen LogP contribution in [0.25, 0.3) is 0 Å². The molecule has 0 radical (unpaired) electrons. The molecule has 0 unspecified atom stereocenters. The summed E-state index contributed by atoms with van der Waals surface area (Å²) in [6.07, 6.45) is 0.923. The fourth-order valence-electron chi connectivity index (χ4n) is 4.94. The highest BCUT2D eigenvalue weighted by Crippen LogP contribution is 2.62. The van der Waals surface area contributed by atoms with Gasteiger partial charge in [0, 0.05) is 13.1 Å². The lowest BCUT2D eigenvalue weighted by Gasteiger charge is -2.54. The molecule has 0 aromatic heterocycles. The Morgan fingerprint density at radius 2 is 1.74 bits per heavy atom. The number of fused-ring (bicyclic) bond motifs is 1. The van der Waals surface area contributed by atoms with Gasteiger partial charge in [-0.05, 0) is 35.4 Å². The van der Waals surface area contributed by atoms with Crippen molar-refractivity contribution in [3.05, 3.63) is 17.7 Å². The molecule has 2 amide bonds. The summed E-state index contributed by atoms with van der Waals surface area (Å²) in [5.41, 5.74) is 5.91. The third kappa shape index (κ3) is 2.99. The summed E-state index contributed by atoms with van der Waals surface area (Å²) >= 11 is 0. The van der Waals surface area contributed by atoms with E-state index in [1.165, 1.54) is 7.11 Å². The first-order chi connectivity index (χ1) is 12.7. The van der Waals surface area contributed by atoms with E-state index in [0.717, 1.165) is 12.0 Å². The molecule has 2 aliphatic rings. The van der Waals surface area contributed by atoms with E-state index < -0.39 is 5.41 Å². The third-order valence-corrected chi connectivity index (χ3v) is 6.18. The summed E-state index contributed by atoms with van der Waals surface area (Å²) in [7, 11) is 4.62. The Kier molecular flexibility index (Phi) is 4.74. The van der Waals surface area contributed by atoms with Gasteiger partial charge in [-0.25, -0.2) is 0 Å². The van der Waals surface area contributed by atoms with Crippen molar-refractivity contribution in [3.63, 3.8) is 0 Å². The SMILES string of the molecule is COc1cc(CC(=O)N2C[C@@H]3C(C)(C)C[C@]3(C(N)=O)C2)cc(OC)c1OC. The molecule has 2 fully saturated rings. The highest BCUT2D eigenvalue weighted by Gasteiger charge is 2.66. The maximum Gasteiger partial charge on any atom is 0.227 e. The Morgan fingerprint density at radius 1 is 1.15 bits per heavy atom. The zero-order valence-corrected chi connectivity index (χ0v) is 16.6. The molecular formula is C20H28N2O5. The first-order valence-corrected chi connectivity index (χ1v) is 9.05. The normalized spacial score (nSPS) is 25.4. The van der Waals surface area contributed by atoms with Crippen molar-refractivity contribution in [1.29, 1.82) is 0 Å². The van der Waals surface area contributed by atoms with E-state index >= 15 is 0 Å². The number of nitrogens with two attached hydrogens (primary N) is 1. The van der Waals surface area contributed by atoms with Crippen LogP contribution in [-0.2, 0) is 16.0 Å². The van der Waals surface area contributed by atoms with Gasteiger partial charge in [-0.1, -0.05) is 13.8 Å². The number of likely N-dealkylation sites (tertiary alicyclic amines) is 1. The van der Waals surface area contributed by atoms with Crippen molar-refractivity contribution >= 4 is 11.8 Å². The van der Waals surface area contributed by atoms with E-state index in [9.17, 15) is 9.59 Å². The minimum absolute atomic E-state index is 0.0244. The highest BCUT2D eigenvalue weighted by atomic mass is 16.5. The zero-order chi connectivity index (χ0) is 20.0. The smallest absolute Gasteiger partial charge is 0.227 e. The first kappa shape index (κ1) is 19.3. The van der Waals surface area contributed by atoms with Crippen molar-refractivity contribution in [1.82, 2.24) is 4.90 Å². The maximum atomic E-state index is 12.9. The Labute approximate surface area is 159 Å². The molecule has 1 saturated heterocycles. The number of methoxy groups -OCH3 is 3. The van der Waals surface area contributed by atoms with E-state index in [0.29, 0.717) is 30.3 Å². The van der Waals surface area contributed by atoms with Crippen LogP contribution >= 0.6 is 0 Å². The maximum absolute atomic E-state index is 12.9. The number of rotatable bonds is 6. The van der Waals surface area contributed by atoms with Gasteiger partial charge < -0.3 is 24.8 Å². The molecule has 1 aliphatic carbocycles. The molecule has 0 spiro atoms. The monoisotopic (exact) mass is 376 g/mol. The van der Waals surface area contributed by atoms with Gasteiger partial charge in [-0.15, -0.1) is 0 Å². The zero-order valence-electron chi connectivity index (χ0n) is 16.6. The molecule has 1 aliphatic heterocycles. The number of carbonyl (C=O) groups excluding carboxylic acids is 2. The fraction of sp³-hybridized carbons (Fsp3) is 0.600. The van der Waals surface area contributed by atoms with Crippen LogP contribution < -0.4 is 19.9 Å². The van der Waals surface area contributed by atoms with Gasteiger partial charge in [0.2, 0.25) is 17.6 Å². The molecular weight excluding hydrogens is 348 g/mol. The van der Waals surface area contributed by atoms with Gasteiger partial charge in [0.15, 0.2) is 11.5 Å². The van der Waals surface area contributed by atoms with E-state index in [2.05, 4.69) is 13.8 Å². The molecule has 1 aromatic carbocycles. The van der Waals surface area contributed by atoms with Crippen LogP contribution in [0.3, 0.4) is 0 Å². The predicted octanol–water partition coefficient (Wildman–Crippen LogP) is 1.61. The van der Waals surface area contributed by atoms with Crippen molar-refractivity contribution in [3.8, 4) is 17.2 Å². The number of ether oxygens (including phenoxy) is 3. The van der Waals surface area contributed by atoms with Crippen molar-refractivity contribution in [2.24, 2.45) is 22.5 Å². The van der Waals surface area contributed by atoms with Gasteiger partial charge in [0.05, 0.1) is 33.2 Å². The summed E-state index contributed by atoms with van der Waals surface area (Å²) in [5.74, 6) is 1.30. The van der Waals surface area contributed by atoms with E-state index in [-0.39, 0.29) is 29.6 Å². The first-order valence-electron chi connectivity index (χ1n) is 9.05. The lowest BCUT2D eigenvalue weighted by molar-refractivity contribution is -0.148. The van der Waals surface area contributed by atoms with Gasteiger partial charge in [0.1, 0.15) is 0 Å². The summed E-state index contributed by atoms with van der Waals surface area (Å²) in [6, 6.07) is 3.55. The highest BCUT2D eigenvalue weighted by molar-refractivity contribution is 5.86. The molecule has 2 N–H and O–H groups in total. The Bertz CT molecular complexity index is 751. The number of primary amides is 1. The molecule has 148 valence electrons. The van der Waals surface area contributed by atoms with Gasteiger partial charge in [-0.2, -0.15) is 0 Å². The standard InChI is InChI=1S/C20H28N2O5/c1-19(2)10-20(18(21)24)11-22(9-15(19)20)16(23)8-12-6-13(25-3)17(27-5)14(7-12)26-4/h6-7,15H,8-11H2,1-5H3,(H2,21,24)/t15-,20+/m1/s1. The number of benzene rings is 1. The Morgan fingerprint density at radius 3 is 2.15 bits per heavy atom. The second kappa shape index (κ2) is 6.62. The van der Waals surface area contributed by atoms with Crippen LogP contribution in [0, 0.1) is 16.7 Å². The van der Waals surface area contributed by atoms with Crippen LogP contribution in [0.4, 0.5) is 0 Å². The van der Waals surface area contributed by atoms with Crippen LogP contribution in [0.15, 0.2) is 12.1 Å². The van der Waals surface area contributed by atoms with E-state index in [1.54, 1.807) is 31.3 Å².